The van der Waals surface area contributed by atoms with Crippen molar-refractivity contribution in [2.75, 3.05) is 49.6 Å². The molecule has 0 aromatic carbocycles. The van der Waals surface area contributed by atoms with Gasteiger partial charge < -0.3 is 20.3 Å². The van der Waals surface area contributed by atoms with Gasteiger partial charge in [0.25, 0.3) is 5.91 Å². The van der Waals surface area contributed by atoms with Gasteiger partial charge in [0, 0.05) is 43.2 Å². The molecule has 1 aliphatic heterocycles. The van der Waals surface area contributed by atoms with Crippen molar-refractivity contribution >= 4 is 28.7 Å². The van der Waals surface area contributed by atoms with Gasteiger partial charge in [-0.25, -0.2) is 0 Å². The van der Waals surface area contributed by atoms with Crippen LogP contribution in [-0.2, 0) is 4.74 Å². The normalized spacial score (nSPS) is 14.5. The van der Waals surface area contributed by atoms with Crippen LogP contribution in [0.25, 0.3) is 0 Å². The first-order chi connectivity index (χ1) is 11.3. The Morgan fingerprint density at radius 1 is 1.35 bits per heavy atom. The van der Waals surface area contributed by atoms with Crippen molar-refractivity contribution in [2.24, 2.45) is 0 Å². The van der Waals surface area contributed by atoms with Crippen LogP contribution in [0.5, 0.6) is 0 Å². The highest BCUT2D eigenvalue weighted by atomic mass is 32.1. The second-order valence-corrected chi connectivity index (χ2v) is 5.87. The summed E-state index contributed by atoms with van der Waals surface area (Å²) in [5, 5.41) is 17.9. The Labute approximate surface area is 138 Å². The zero-order valence-electron chi connectivity index (χ0n) is 12.7. The topological polar surface area (TPSA) is 79.4 Å². The Morgan fingerprint density at radius 3 is 3.00 bits per heavy atom. The van der Waals surface area contributed by atoms with Crippen LogP contribution in [0.2, 0.25) is 0 Å². The molecule has 23 heavy (non-hydrogen) atoms. The third-order valence-corrected chi connectivity index (χ3v) is 4.20. The van der Waals surface area contributed by atoms with Crippen molar-refractivity contribution in [1.82, 2.24) is 15.5 Å². The Kier molecular flexibility index (Phi) is 5.38. The van der Waals surface area contributed by atoms with E-state index >= 15 is 0 Å². The van der Waals surface area contributed by atoms with E-state index in [0.717, 1.165) is 32.0 Å². The van der Waals surface area contributed by atoms with E-state index < -0.39 is 0 Å². The Hall–Kier alpha value is -2.19. The zero-order chi connectivity index (χ0) is 15.9. The molecule has 3 rings (SSSR count). The van der Waals surface area contributed by atoms with E-state index in [4.69, 9.17) is 4.74 Å². The van der Waals surface area contributed by atoms with Gasteiger partial charge in [-0.1, -0.05) is 0 Å². The van der Waals surface area contributed by atoms with Crippen molar-refractivity contribution in [1.29, 1.82) is 0 Å². The molecule has 7 nitrogen and oxygen atoms in total. The molecule has 0 radical (unpaired) electrons. The predicted octanol–water partition coefficient (Wildman–Crippen LogP) is 1.22. The van der Waals surface area contributed by atoms with Crippen LogP contribution in [0.4, 0.5) is 11.5 Å². The molecule has 0 atom stereocenters. The summed E-state index contributed by atoms with van der Waals surface area (Å²) in [4.78, 5) is 14.0. The number of aromatic nitrogens is 2. The molecule has 1 fully saturated rings. The van der Waals surface area contributed by atoms with E-state index in [1.165, 1.54) is 11.3 Å². The molecule has 0 unspecified atom stereocenters. The molecule has 3 heterocycles. The molecule has 0 aliphatic carbocycles. The molecule has 1 amide bonds. The highest BCUT2D eigenvalue weighted by Gasteiger charge is 2.12. The summed E-state index contributed by atoms with van der Waals surface area (Å²) in [6.07, 6.45) is 1.76. The van der Waals surface area contributed by atoms with Crippen LogP contribution in [0.15, 0.2) is 29.1 Å². The number of thiophene rings is 1. The van der Waals surface area contributed by atoms with Crippen molar-refractivity contribution in [3.8, 4) is 0 Å². The molecule has 2 aromatic heterocycles. The smallest absolute Gasteiger partial charge is 0.252 e. The summed E-state index contributed by atoms with van der Waals surface area (Å²) in [5.74, 6) is 0.653. The minimum absolute atomic E-state index is 0.0544. The van der Waals surface area contributed by atoms with Crippen LogP contribution in [0.3, 0.4) is 0 Å². The van der Waals surface area contributed by atoms with Crippen LogP contribution in [0.1, 0.15) is 10.4 Å². The monoisotopic (exact) mass is 333 g/mol. The molecule has 2 N–H and O–H groups in total. The van der Waals surface area contributed by atoms with Crippen LogP contribution < -0.4 is 15.5 Å². The second kappa shape index (κ2) is 7.89. The largest absolute Gasteiger partial charge is 0.378 e. The number of hydrogen-bond donors (Lipinski definition) is 2. The number of morpholine rings is 1. The number of carbonyl (C=O) groups is 1. The van der Waals surface area contributed by atoms with Gasteiger partial charge in [-0.15, -0.1) is 5.10 Å². The number of nitrogens with zero attached hydrogens (tertiary/aromatic N) is 3. The first-order valence-corrected chi connectivity index (χ1v) is 8.47. The summed E-state index contributed by atoms with van der Waals surface area (Å²) >= 11 is 1.51. The third kappa shape index (κ3) is 4.40. The average molecular weight is 333 g/mol. The fourth-order valence-electron chi connectivity index (χ4n) is 2.30. The zero-order valence-corrected chi connectivity index (χ0v) is 13.5. The number of carbonyl (C=O) groups excluding carboxylic acids is 1. The van der Waals surface area contributed by atoms with Gasteiger partial charge in [0.05, 0.1) is 25.1 Å². The average Bonchev–Trinajstić information content (AvgIpc) is 3.14. The van der Waals surface area contributed by atoms with E-state index in [-0.39, 0.29) is 5.91 Å². The number of amides is 1. The summed E-state index contributed by atoms with van der Waals surface area (Å²) < 4.78 is 5.35. The molecule has 1 saturated heterocycles. The lowest BCUT2D eigenvalue weighted by Crippen LogP contribution is -2.36. The molecule has 122 valence electrons. The number of anilines is 2. The molecule has 8 heteroatoms. The van der Waals surface area contributed by atoms with Crippen LogP contribution in [-0.4, -0.2) is 55.5 Å². The summed E-state index contributed by atoms with van der Waals surface area (Å²) in [6.45, 7) is 4.32. The fourth-order valence-corrected chi connectivity index (χ4v) is 2.94. The molecular formula is C15H19N5O2S. The van der Waals surface area contributed by atoms with Crippen molar-refractivity contribution in [3.05, 3.63) is 34.7 Å². The maximum absolute atomic E-state index is 11.8. The molecule has 1 aliphatic rings. The minimum atomic E-state index is -0.0544. The lowest BCUT2D eigenvalue weighted by Gasteiger charge is -2.28. The fraction of sp³-hybridized carbons (Fsp3) is 0.400. The molecule has 2 aromatic rings. The van der Waals surface area contributed by atoms with Gasteiger partial charge in [0.2, 0.25) is 0 Å². The Balaban J connectivity index is 1.45. The van der Waals surface area contributed by atoms with Crippen molar-refractivity contribution in [3.63, 3.8) is 0 Å². The first kappa shape index (κ1) is 15.7. The van der Waals surface area contributed by atoms with Crippen LogP contribution >= 0.6 is 11.3 Å². The van der Waals surface area contributed by atoms with Crippen molar-refractivity contribution in [2.45, 2.75) is 0 Å². The molecule has 0 bridgehead atoms. The number of hydrogen-bond acceptors (Lipinski definition) is 7. The number of rotatable bonds is 6. The predicted molar refractivity (Wildman–Crippen MR) is 90.2 cm³/mol. The first-order valence-electron chi connectivity index (χ1n) is 7.52. The van der Waals surface area contributed by atoms with Gasteiger partial charge in [0.15, 0.2) is 5.82 Å². The summed E-state index contributed by atoms with van der Waals surface area (Å²) in [7, 11) is 0. The Morgan fingerprint density at radius 2 is 2.22 bits per heavy atom. The summed E-state index contributed by atoms with van der Waals surface area (Å²) in [5.41, 5.74) is 1.73. The van der Waals surface area contributed by atoms with Crippen molar-refractivity contribution < 1.29 is 9.53 Å². The maximum Gasteiger partial charge on any atom is 0.252 e. The van der Waals surface area contributed by atoms with E-state index in [1.807, 2.05) is 22.9 Å². The van der Waals surface area contributed by atoms with E-state index in [1.54, 1.807) is 6.20 Å². The number of ether oxygens (including phenoxy) is 1. The van der Waals surface area contributed by atoms with E-state index in [2.05, 4.69) is 25.7 Å². The molecule has 0 saturated carbocycles. The third-order valence-electron chi connectivity index (χ3n) is 3.52. The van der Waals surface area contributed by atoms with E-state index in [0.29, 0.717) is 24.5 Å². The number of nitrogens with one attached hydrogen (secondary N) is 2. The second-order valence-electron chi connectivity index (χ2n) is 5.09. The van der Waals surface area contributed by atoms with Gasteiger partial charge >= 0.3 is 0 Å². The van der Waals surface area contributed by atoms with Gasteiger partial charge in [0.1, 0.15) is 0 Å². The highest BCUT2D eigenvalue weighted by molar-refractivity contribution is 7.08. The highest BCUT2D eigenvalue weighted by Crippen LogP contribution is 2.16. The quantitative estimate of drug-likeness (QED) is 0.774. The lowest BCUT2D eigenvalue weighted by atomic mass is 10.3. The minimum Gasteiger partial charge on any atom is -0.378 e. The van der Waals surface area contributed by atoms with Gasteiger partial charge in [-0.2, -0.15) is 16.4 Å². The molecule has 0 spiro atoms. The maximum atomic E-state index is 11.8. The van der Waals surface area contributed by atoms with Gasteiger partial charge in [-0.05, 0) is 11.4 Å². The lowest BCUT2D eigenvalue weighted by molar-refractivity contribution is 0.0955. The summed E-state index contributed by atoms with van der Waals surface area (Å²) in [6, 6.07) is 3.78. The van der Waals surface area contributed by atoms with Gasteiger partial charge in [-0.3, -0.25) is 4.79 Å². The van der Waals surface area contributed by atoms with E-state index in [9.17, 15) is 4.79 Å². The Bertz CT molecular complexity index is 629. The standard InChI is InChI=1S/C15H19N5O2S/c21-15(12-1-8-23-11-12)17-3-2-16-14-9-13(10-18-19-14)20-4-6-22-7-5-20/h1,8-11H,2-7H2,(H,16,19)(H,17,21). The molecular weight excluding hydrogens is 314 g/mol. The SMILES string of the molecule is O=C(NCCNc1cc(N2CCOCC2)cnn1)c1ccsc1. The van der Waals surface area contributed by atoms with Crippen LogP contribution in [0, 0.1) is 0 Å².